The number of thiophene rings is 1. The number of carbonyl (C=O) groups is 1. The van der Waals surface area contributed by atoms with Crippen LogP contribution in [0.5, 0.6) is 0 Å². The van der Waals surface area contributed by atoms with Crippen molar-refractivity contribution in [1.82, 2.24) is 5.32 Å². The molecule has 106 valence electrons. The Kier molecular flexibility index (Phi) is 6.75. The number of hydrogen-bond donors (Lipinski definition) is 2. The maximum absolute atomic E-state index is 11.6. The van der Waals surface area contributed by atoms with Crippen LogP contribution in [-0.2, 0) is 4.79 Å². The summed E-state index contributed by atoms with van der Waals surface area (Å²) < 4.78 is 1.03. The molecule has 2 N–H and O–H groups in total. The van der Waals surface area contributed by atoms with Crippen molar-refractivity contribution in [3.8, 4) is 0 Å². The van der Waals surface area contributed by atoms with Gasteiger partial charge in [0.2, 0.25) is 5.91 Å². The summed E-state index contributed by atoms with van der Waals surface area (Å²) >= 11 is 4.96. The number of amides is 1. The zero-order valence-electron chi connectivity index (χ0n) is 11.3. The van der Waals surface area contributed by atoms with Crippen molar-refractivity contribution in [2.45, 2.75) is 26.7 Å². The molecule has 0 atom stereocenters. The van der Waals surface area contributed by atoms with Crippen molar-refractivity contribution in [2.75, 3.05) is 13.2 Å². The topological polar surface area (TPSA) is 49.3 Å². The Bertz CT molecular complexity index is 440. The first-order chi connectivity index (χ1) is 8.93. The summed E-state index contributed by atoms with van der Waals surface area (Å²) in [5.41, 5.74) is -0.0657. The lowest BCUT2D eigenvalue weighted by Gasteiger charge is -2.20. The van der Waals surface area contributed by atoms with Gasteiger partial charge in [-0.05, 0) is 46.3 Å². The predicted octanol–water partition coefficient (Wildman–Crippen LogP) is 3.44. The van der Waals surface area contributed by atoms with Crippen LogP contribution in [0.25, 0.3) is 6.08 Å². The minimum Gasteiger partial charge on any atom is -0.396 e. The van der Waals surface area contributed by atoms with Crippen LogP contribution >= 0.6 is 27.3 Å². The monoisotopic (exact) mass is 345 g/mol. The minimum atomic E-state index is -0.0775. The number of rotatable bonds is 7. The van der Waals surface area contributed by atoms with Gasteiger partial charge in [-0.3, -0.25) is 4.79 Å². The lowest BCUT2D eigenvalue weighted by molar-refractivity contribution is -0.116. The van der Waals surface area contributed by atoms with Crippen molar-refractivity contribution in [3.63, 3.8) is 0 Å². The summed E-state index contributed by atoms with van der Waals surface area (Å²) in [6.07, 6.45) is 5.13. The van der Waals surface area contributed by atoms with E-state index in [9.17, 15) is 4.79 Å². The number of halogens is 1. The van der Waals surface area contributed by atoms with E-state index < -0.39 is 0 Å². The van der Waals surface area contributed by atoms with Gasteiger partial charge in [0.1, 0.15) is 0 Å². The van der Waals surface area contributed by atoms with Crippen LogP contribution in [-0.4, -0.2) is 24.2 Å². The van der Waals surface area contributed by atoms with E-state index in [4.69, 9.17) is 5.11 Å². The smallest absolute Gasteiger partial charge is 0.244 e. The molecule has 1 heterocycles. The fourth-order valence-electron chi connectivity index (χ4n) is 1.49. The molecule has 1 amide bonds. The normalized spacial score (nSPS) is 12.0. The van der Waals surface area contributed by atoms with Crippen molar-refractivity contribution in [3.05, 3.63) is 26.9 Å². The van der Waals surface area contributed by atoms with Crippen LogP contribution < -0.4 is 5.32 Å². The second kappa shape index (κ2) is 7.82. The molecule has 0 fully saturated rings. The Balaban J connectivity index is 2.23. The zero-order valence-corrected chi connectivity index (χ0v) is 13.7. The van der Waals surface area contributed by atoms with Crippen molar-refractivity contribution >= 4 is 39.2 Å². The van der Waals surface area contributed by atoms with E-state index in [1.54, 1.807) is 17.4 Å². The fourth-order valence-corrected chi connectivity index (χ4v) is 2.83. The molecule has 0 aromatic carbocycles. The fraction of sp³-hybridized carbons (Fsp3) is 0.500. The van der Waals surface area contributed by atoms with Gasteiger partial charge in [0.25, 0.3) is 0 Å². The average molecular weight is 346 g/mol. The second-order valence-electron chi connectivity index (χ2n) is 5.22. The summed E-state index contributed by atoms with van der Waals surface area (Å²) in [5.74, 6) is -0.0775. The molecule has 1 aromatic rings. The lowest BCUT2D eigenvalue weighted by Crippen LogP contribution is -2.24. The zero-order chi connectivity index (χ0) is 14.3. The number of aliphatic hydroxyl groups excluding tert-OH is 1. The molecule has 0 spiro atoms. The summed E-state index contributed by atoms with van der Waals surface area (Å²) in [7, 11) is 0. The molecule has 0 aliphatic rings. The molecule has 3 nitrogen and oxygen atoms in total. The van der Waals surface area contributed by atoms with Crippen LogP contribution in [0.2, 0.25) is 0 Å². The van der Waals surface area contributed by atoms with E-state index >= 15 is 0 Å². The Morgan fingerprint density at radius 2 is 2.32 bits per heavy atom. The van der Waals surface area contributed by atoms with Crippen LogP contribution in [0.1, 0.15) is 31.6 Å². The van der Waals surface area contributed by atoms with Crippen LogP contribution in [0.15, 0.2) is 22.0 Å². The summed E-state index contributed by atoms with van der Waals surface area (Å²) in [5, 5.41) is 13.9. The summed E-state index contributed by atoms with van der Waals surface area (Å²) in [4.78, 5) is 12.6. The quantitative estimate of drug-likeness (QED) is 0.587. The van der Waals surface area contributed by atoms with Gasteiger partial charge in [-0.25, -0.2) is 0 Å². The van der Waals surface area contributed by atoms with Crippen molar-refractivity contribution in [2.24, 2.45) is 5.41 Å². The largest absolute Gasteiger partial charge is 0.396 e. The first-order valence-corrected chi connectivity index (χ1v) is 7.91. The third-order valence-electron chi connectivity index (χ3n) is 2.74. The molecule has 19 heavy (non-hydrogen) atoms. The van der Waals surface area contributed by atoms with Gasteiger partial charge in [0.15, 0.2) is 0 Å². The minimum absolute atomic E-state index is 0.0657. The molecular weight excluding hydrogens is 326 g/mol. The molecule has 0 radical (unpaired) electrons. The first-order valence-electron chi connectivity index (χ1n) is 6.24. The Labute approximate surface area is 126 Å². The average Bonchev–Trinajstić information content (AvgIpc) is 2.78. The van der Waals surface area contributed by atoms with Crippen LogP contribution in [0.3, 0.4) is 0 Å². The van der Waals surface area contributed by atoms with Gasteiger partial charge >= 0.3 is 0 Å². The van der Waals surface area contributed by atoms with E-state index in [1.807, 2.05) is 31.4 Å². The Morgan fingerprint density at radius 3 is 2.89 bits per heavy atom. The molecule has 0 bridgehead atoms. The van der Waals surface area contributed by atoms with Gasteiger partial charge in [-0.1, -0.05) is 13.8 Å². The molecule has 0 saturated carbocycles. The van der Waals surface area contributed by atoms with Crippen LogP contribution in [0.4, 0.5) is 0 Å². The third kappa shape index (κ3) is 6.89. The Hall–Kier alpha value is -0.650. The van der Waals surface area contributed by atoms with E-state index in [2.05, 4.69) is 21.2 Å². The van der Waals surface area contributed by atoms with E-state index in [0.717, 1.165) is 22.2 Å². The predicted molar refractivity (Wildman–Crippen MR) is 84.2 cm³/mol. The number of aliphatic hydroxyl groups is 1. The Morgan fingerprint density at radius 1 is 1.58 bits per heavy atom. The molecule has 0 aliphatic carbocycles. The van der Waals surface area contributed by atoms with Crippen molar-refractivity contribution in [1.29, 1.82) is 0 Å². The molecule has 5 heteroatoms. The van der Waals surface area contributed by atoms with Crippen LogP contribution in [0, 0.1) is 5.41 Å². The summed E-state index contributed by atoms with van der Waals surface area (Å²) in [6.45, 7) is 4.85. The number of hydrogen-bond acceptors (Lipinski definition) is 3. The second-order valence-corrected chi connectivity index (χ2v) is 7.08. The number of carbonyl (C=O) groups excluding carboxylic acids is 1. The van der Waals surface area contributed by atoms with Gasteiger partial charge in [-0.2, -0.15) is 0 Å². The van der Waals surface area contributed by atoms with Gasteiger partial charge < -0.3 is 10.4 Å². The first kappa shape index (κ1) is 16.4. The highest BCUT2D eigenvalue weighted by Crippen LogP contribution is 2.21. The van der Waals surface area contributed by atoms with Gasteiger partial charge in [-0.15, -0.1) is 11.3 Å². The highest BCUT2D eigenvalue weighted by molar-refractivity contribution is 9.10. The standard InChI is InChI=1S/C14H20BrNO2S/c1-14(2,10-17)6-3-7-16-13(18)5-4-12-8-11(15)9-19-12/h4-5,8-9,17H,3,6-7,10H2,1-2H3,(H,16,18)/b5-4+. The van der Waals surface area contributed by atoms with Crippen molar-refractivity contribution < 1.29 is 9.90 Å². The van der Waals surface area contributed by atoms with E-state index in [-0.39, 0.29) is 17.9 Å². The SMILES string of the molecule is CC(C)(CO)CCCNC(=O)/C=C/c1cc(Br)cs1. The molecule has 1 rings (SSSR count). The van der Waals surface area contributed by atoms with Gasteiger partial charge in [0.05, 0.1) is 0 Å². The van der Waals surface area contributed by atoms with E-state index in [0.29, 0.717) is 6.54 Å². The number of nitrogens with one attached hydrogen (secondary N) is 1. The summed E-state index contributed by atoms with van der Waals surface area (Å²) in [6, 6.07) is 1.97. The maximum atomic E-state index is 11.6. The lowest BCUT2D eigenvalue weighted by atomic mass is 9.89. The molecule has 0 aliphatic heterocycles. The third-order valence-corrected chi connectivity index (χ3v) is 4.40. The molecule has 0 unspecified atom stereocenters. The highest BCUT2D eigenvalue weighted by Gasteiger charge is 2.15. The van der Waals surface area contributed by atoms with E-state index in [1.165, 1.54) is 0 Å². The molecular formula is C14H20BrNO2S. The highest BCUT2D eigenvalue weighted by atomic mass is 79.9. The van der Waals surface area contributed by atoms with Gasteiger partial charge in [0, 0.05) is 34.0 Å². The molecule has 0 saturated heterocycles. The maximum Gasteiger partial charge on any atom is 0.244 e. The molecule has 1 aromatic heterocycles.